The van der Waals surface area contributed by atoms with Crippen LogP contribution in [0, 0.1) is 41.7 Å². The van der Waals surface area contributed by atoms with Gasteiger partial charge in [-0.25, -0.2) is 0 Å². The number of carbonyl (C=O) groups is 1. The fourth-order valence-electron chi connectivity index (χ4n) is 0.129. The minimum Gasteiger partial charge on any atom is -0.481 e. The molecule has 0 saturated heterocycles. The van der Waals surface area contributed by atoms with Crippen LogP contribution in [0.2, 0.25) is 0 Å². The SMILES string of the molecule is CC(=O)O.[Ce].c1nn[nH]n1. The molecule has 7 heteroatoms. The van der Waals surface area contributed by atoms with Gasteiger partial charge in [0, 0.05) is 48.7 Å². The molecule has 0 aliphatic heterocycles. The van der Waals surface area contributed by atoms with Gasteiger partial charge in [-0.1, -0.05) is 5.21 Å². The van der Waals surface area contributed by atoms with Crippen LogP contribution in [-0.2, 0) is 4.79 Å². The molecule has 1 heterocycles. The second-order valence-electron chi connectivity index (χ2n) is 1.08. The van der Waals surface area contributed by atoms with Crippen molar-refractivity contribution in [1.82, 2.24) is 20.6 Å². The van der Waals surface area contributed by atoms with Gasteiger partial charge < -0.3 is 5.11 Å². The van der Waals surface area contributed by atoms with Gasteiger partial charge in [0.25, 0.3) is 5.97 Å². The molecule has 1 aromatic heterocycles. The predicted octanol–water partition coefficient (Wildman–Crippen LogP) is -0.709. The number of rotatable bonds is 0. The van der Waals surface area contributed by atoms with E-state index in [1.165, 1.54) is 6.33 Å². The molecular weight excluding hydrogens is 264 g/mol. The van der Waals surface area contributed by atoms with E-state index in [1.54, 1.807) is 0 Å². The zero-order valence-corrected chi connectivity index (χ0v) is 8.41. The number of hydrogen-bond acceptors (Lipinski definition) is 4. The summed E-state index contributed by atoms with van der Waals surface area (Å²) in [5, 5.41) is 19.6. The molecule has 1 rings (SSSR count). The van der Waals surface area contributed by atoms with E-state index in [-0.39, 0.29) is 41.7 Å². The van der Waals surface area contributed by atoms with Gasteiger partial charge in [-0.3, -0.25) is 4.79 Å². The van der Waals surface area contributed by atoms with Gasteiger partial charge in [-0.15, -0.1) is 10.2 Å². The van der Waals surface area contributed by atoms with E-state index in [2.05, 4.69) is 20.6 Å². The molecule has 2 N–H and O–H groups in total. The minimum absolute atomic E-state index is 0. The first kappa shape index (κ1) is 12.6. The summed E-state index contributed by atoms with van der Waals surface area (Å²) >= 11 is 0. The molecule has 10 heavy (non-hydrogen) atoms. The van der Waals surface area contributed by atoms with Crippen LogP contribution in [0.25, 0.3) is 0 Å². The molecule has 0 aliphatic rings. The third-order valence-electron chi connectivity index (χ3n) is 0.270. The Balaban J connectivity index is 0. The van der Waals surface area contributed by atoms with Crippen molar-refractivity contribution >= 4 is 5.97 Å². The van der Waals surface area contributed by atoms with Gasteiger partial charge in [0.15, 0.2) is 6.33 Å². The number of aromatic amines is 1. The molecule has 0 saturated carbocycles. The molecule has 0 atom stereocenters. The first-order valence-electron chi connectivity index (χ1n) is 2.09. The Hall–Kier alpha value is -0.0834. The molecule has 54 valence electrons. The Kier molecular flexibility index (Phi) is 11.2. The Morgan fingerprint density at radius 3 is 2.30 bits per heavy atom. The van der Waals surface area contributed by atoms with Crippen molar-refractivity contribution < 1.29 is 51.6 Å². The van der Waals surface area contributed by atoms with E-state index in [1.807, 2.05) is 0 Å². The molecular formula is C3H6CeN4O2. The van der Waals surface area contributed by atoms with Crippen LogP contribution in [-0.4, -0.2) is 31.7 Å². The second-order valence-corrected chi connectivity index (χ2v) is 1.08. The number of H-pyrrole nitrogens is 1. The van der Waals surface area contributed by atoms with E-state index in [4.69, 9.17) is 9.90 Å². The quantitative estimate of drug-likeness (QED) is 0.650. The Labute approximate surface area is 90.8 Å². The number of aromatic nitrogens is 4. The van der Waals surface area contributed by atoms with Crippen LogP contribution in [0.4, 0.5) is 0 Å². The van der Waals surface area contributed by atoms with Gasteiger partial charge >= 0.3 is 0 Å². The number of tetrazole rings is 1. The minimum atomic E-state index is -0.833. The van der Waals surface area contributed by atoms with Crippen LogP contribution in [0.1, 0.15) is 6.92 Å². The molecule has 0 spiro atoms. The largest absolute Gasteiger partial charge is 0.481 e. The fraction of sp³-hybridized carbons (Fsp3) is 0.333. The standard InChI is InChI=1S/C2H4O2.CH2N4.Ce/c1-2(3)4;1-2-4-5-3-1;/h1H3,(H,3,4);1H,(H,2,3,4,5);. The first-order valence-corrected chi connectivity index (χ1v) is 2.09. The van der Waals surface area contributed by atoms with Gasteiger partial charge in [0.1, 0.15) is 0 Å². The zero-order chi connectivity index (χ0) is 7.11. The summed E-state index contributed by atoms with van der Waals surface area (Å²) in [4.78, 5) is 9.00. The van der Waals surface area contributed by atoms with E-state index in [9.17, 15) is 0 Å². The average Bonchev–Trinajstić information content (AvgIpc) is 2.11. The molecule has 0 aromatic carbocycles. The van der Waals surface area contributed by atoms with E-state index < -0.39 is 5.97 Å². The fourth-order valence-corrected chi connectivity index (χ4v) is 0.129. The van der Waals surface area contributed by atoms with Gasteiger partial charge in [-0.05, 0) is 0 Å². The van der Waals surface area contributed by atoms with E-state index in [0.717, 1.165) is 6.92 Å². The Morgan fingerprint density at radius 2 is 2.20 bits per heavy atom. The summed E-state index contributed by atoms with van der Waals surface area (Å²) in [5.41, 5.74) is 0. The van der Waals surface area contributed by atoms with Crippen LogP contribution in [0.5, 0.6) is 0 Å². The summed E-state index contributed by atoms with van der Waals surface area (Å²) in [7, 11) is 0. The maximum atomic E-state index is 9.00. The maximum Gasteiger partial charge on any atom is 0.300 e. The number of nitrogens with zero attached hydrogens (tertiary/aromatic N) is 3. The summed E-state index contributed by atoms with van der Waals surface area (Å²) < 4.78 is 0. The van der Waals surface area contributed by atoms with Crippen molar-refractivity contribution in [3.05, 3.63) is 6.33 Å². The van der Waals surface area contributed by atoms with Crippen LogP contribution in [0.3, 0.4) is 0 Å². The molecule has 0 aliphatic carbocycles. The number of nitrogens with one attached hydrogen (secondary N) is 1. The normalized spacial score (nSPS) is 6.50. The first-order chi connectivity index (χ1) is 4.23. The topological polar surface area (TPSA) is 91.8 Å². The van der Waals surface area contributed by atoms with E-state index >= 15 is 0 Å². The number of hydrogen-bond donors (Lipinski definition) is 2. The van der Waals surface area contributed by atoms with Crippen molar-refractivity contribution in [3.63, 3.8) is 0 Å². The van der Waals surface area contributed by atoms with Gasteiger partial charge in [0.05, 0.1) is 0 Å². The Morgan fingerprint density at radius 1 is 1.70 bits per heavy atom. The molecule has 0 amide bonds. The number of carboxylic acids is 1. The van der Waals surface area contributed by atoms with Crippen molar-refractivity contribution in [1.29, 1.82) is 0 Å². The third-order valence-corrected chi connectivity index (χ3v) is 0.270. The van der Waals surface area contributed by atoms with Gasteiger partial charge in [-0.2, -0.15) is 5.21 Å². The summed E-state index contributed by atoms with van der Waals surface area (Å²) in [6.07, 6.45) is 1.33. The van der Waals surface area contributed by atoms with Crippen molar-refractivity contribution in [3.8, 4) is 0 Å². The molecule has 0 radical (unpaired) electrons. The number of aliphatic carboxylic acids is 1. The second kappa shape index (κ2) is 8.92. The molecule has 6 nitrogen and oxygen atoms in total. The Bertz CT molecular complexity index is 132. The molecule has 0 bridgehead atoms. The molecule has 0 unspecified atom stereocenters. The summed E-state index contributed by atoms with van der Waals surface area (Å²) in [6.45, 7) is 1.08. The van der Waals surface area contributed by atoms with Crippen LogP contribution < -0.4 is 0 Å². The van der Waals surface area contributed by atoms with Crippen molar-refractivity contribution in [2.45, 2.75) is 6.92 Å². The number of carboxylic acid groups (broad SMARTS) is 1. The van der Waals surface area contributed by atoms with E-state index in [0.29, 0.717) is 0 Å². The summed E-state index contributed by atoms with van der Waals surface area (Å²) in [6, 6.07) is 0. The predicted molar refractivity (Wildman–Crippen MR) is 27.5 cm³/mol. The smallest absolute Gasteiger partial charge is 0.300 e. The molecule has 1 aromatic rings. The van der Waals surface area contributed by atoms with Crippen molar-refractivity contribution in [2.75, 3.05) is 0 Å². The van der Waals surface area contributed by atoms with Crippen molar-refractivity contribution in [2.24, 2.45) is 0 Å². The van der Waals surface area contributed by atoms with Gasteiger partial charge in [0.2, 0.25) is 0 Å². The van der Waals surface area contributed by atoms with Crippen LogP contribution in [0.15, 0.2) is 6.33 Å². The summed E-state index contributed by atoms with van der Waals surface area (Å²) in [5.74, 6) is -0.833. The average molecular weight is 270 g/mol. The maximum absolute atomic E-state index is 9.00. The molecule has 0 fully saturated rings. The monoisotopic (exact) mass is 270 g/mol. The van der Waals surface area contributed by atoms with Crippen LogP contribution >= 0.6 is 0 Å². The third kappa shape index (κ3) is 15.7. The zero-order valence-electron chi connectivity index (χ0n) is 5.27.